The zero-order chi connectivity index (χ0) is 18.4. The first kappa shape index (κ1) is 18.3. The molecule has 0 bridgehead atoms. The third-order valence-electron chi connectivity index (χ3n) is 4.85. The van der Waals surface area contributed by atoms with Crippen molar-refractivity contribution in [1.82, 2.24) is 9.88 Å². The molecule has 1 aromatic heterocycles. The second-order valence-corrected chi connectivity index (χ2v) is 6.72. The fourth-order valence-corrected chi connectivity index (χ4v) is 3.39. The summed E-state index contributed by atoms with van der Waals surface area (Å²) in [5.74, 6) is 0.545. The highest BCUT2D eigenvalue weighted by atomic mass is 19.1. The molecular formula is C21H24FN3O. The lowest BCUT2D eigenvalue weighted by Crippen LogP contribution is -2.33. The quantitative estimate of drug-likeness (QED) is 0.778. The predicted octanol–water partition coefficient (Wildman–Crippen LogP) is 4.26. The Hall–Kier alpha value is -2.45. The summed E-state index contributed by atoms with van der Waals surface area (Å²) in [5.41, 5.74) is 1.78. The highest BCUT2D eigenvalue weighted by Crippen LogP contribution is 2.28. The van der Waals surface area contributed by atoms with Crippen LogP contribution in [0.5, 0.6) is 5.88 Å². The molecule has 1 aliphatic heterocycles. The smallest absolute Gasteiger partial charge is 0.213 e. The fourth-order valence-electron chi connectivity index (χ4n) is 3.39. The molecule has 2 heterocycles. The Bertz CT molecular complexity index is 779. The summed E-state index contributed by atoms with van der Waals surface area (Å²) in [6.45, 7) is 5.71. The normalized spacial score (nSPS) is 15.6. The van der Waals surface area contributed by atoms with E-state index in [0.717, 1.165) is 31.6 Å². The number of pyridine rings is 1. The molecule has 1 aromatic carbocycles. The largest absolute Gasteiger partial charge is 0.473 e. The highest BCUT2D eigenvalue weighted by Gasteiger charge is 2.21. The van der Waals surface area contributed by atoms with Crippen LogP contribution < -0.4 is 4.74 Å². The minimum Gasteiger partial charge on any atom is -0.473 e. The molecule has 1 aliphatic rings. The van der Waals surface area contributed by atoms with Crippen LogP contribution >= 0.6 is 0 Å². The van der Waals surface area contributed by atoms with Crippen LogP contribution in [-0.4, -0.2) is 29.5 Å². The summed E-state index contributed by atoms with van der Waals surface area (Å²) < 4.78 is 19.6. The summed E-state index contributed by atoms with van der Waals surface area (Å²) >= 11 is 0. The van der Waals surface area contributed by atoms with E-state index in [-0.39, 0.29) is 6.61 Å². The third kappa shape index (κ3) is 4.59. The molecule has 0 radical (unpaired) electrons. The lowest BCUT2D eigenvalue weighted by molar-refractivity contribution is 0.210. The van der Waals surface area contributed by atoms with Gasteiger partial charge in [0.15, 0.2) is 0 Å². The molecular weight excluding hydrogens is 329 g/mol. The Morgan fingerprint density at radius 1 is 1.27 bits per heavy atom. The van der Waals surface area contributed by atoms with Crippen molar-refractivity contribution in [2.75, 3.05) is 19.6 Å². The first-order chi connectivity index (χ1) is 12.7. The van der Waals surface area contributed by atoms with Gasteiger partial charge in [0.25, 0.3) is 0 Å². The molecule has 2 aromatic rings. The standard InChI is InChI=1S/C21H24FN3O/c1-2-10-25-11-8-17(9-12-25)20-4-3-5-21(24-20)26-15-18-7-6-16(14-23)13-19(18)22/h3-7,13,17H,2,8-12,15H2,1H3. The van der Waals surface area contributed by atoms with Gasteiger partial charge in [0.1, 0.15) is 12.4 Å². The SMILES string of the molecule is CCCN1CCC(c2cccc(OCc3ccc(C#N)cc3F)n2)CC1. The molecule has 26 heavy (non-hydrogen) atoms. The molecule has 0 amide bonds. The number of hydrogen-bond donors (Lipinski definition) is 0. The molecule has 1 saturated heterocycles. The van der Waals surface area contributed by atoms with E-state index in [9.17, 15) is 4.39 Å². The fraction of sp³-hybridized carbons (Fsp3) is 0.429. The van der Waals surface area contributed by atoms with Gasteiger partial charge in [-0.25, -0.2) is 9.37 Å². The monoisotopic (exact) mass is 353 g/mol. The Morgan fingerprint density at radius 3 is 2.77 bits per heavy atom. The topological polar surface area (TPSA) is 49.1 Å². The Kier molecular flexibility index (Phi) is 6.19. The average molecular weight is 353 g/mol. The molecule has 3 rings (SSSR count). The summed E-state index contributed by atoms with van der Waals surface area (Å²) in [6, 6.07) is 12.1. The molecule has 0 atom stereocenters. The maximum atomic E-state index is 14.0. The van der Waals surface area contributed by atoms with Crippen LogP contribution in [0.25, 0.3) is 0 Å². The second-order valence-electron chi connectivity index (χ2n) is 6.72. The van der Waals surface area contributed by atoms with Gasteiger partial charge >= 0.3 is 0 Å². The molecule has 0 spiro atoms. The van der Waals surface area contributed by atoms with Crippen molar-refractivity contribution in [3.05, 3.63) is 59.0 Å². The van der Waals surface area contributed by atoms with Crippen LogP contribution in [-0.2, 0) is 6.61 Å². The zero-order valence-electron chi connectivity index (χ0n) is 15.1. The van der Waals surface area contributed by atoms with E-state index >= 15 is 0 Å². The molecule has 136 valence electrons. The van der Waals surface area contributed by atoms with Gasteiger partial charge in [-0.2, -0.15) is 5.26 Å². The maximum Gasteiger partial charge on any atom is 0.213 e. The Morgan fingerprint density at radius 2 is 2.08 bits per heavy atom. The van der Waals surface area contributed by atoms with Crippen LogP contribution in [0.3, 0.4) is 0 Å². The van der Waals surface area contributed by atoms with Crippen molar-refractivity contribution in [2.45, 2.75) is 38.7 Å². The number of benzene rings is 1. The highest BCUT2D eigenvalue weighted by molar-refractivity contribution is 5.32. The van der Waals surface area contributed by atoms with Gasteiger partial charge in [-0.05, 0) is 57.1 Å². The summed E-state index contributed by atoms with van der Waals surface area (Å²) in [4.78, 5) is 7.13. The number of ether oxygens (including phenoxy) is 1. The molecule has 0 aliphatic carbocycles. The Labute approximate surface area is 154 Å². The number of nitriles is 1. The van der Waals surface area contributed by atoms with Gasteiger partial charge in [0, 0.05) is 23.2 Å². The van der Waals surface area contributed by atoms with Crippen molar-refractivity contribution >= 4 is 0 Å². The summed E-state index contributed by atoms with van der Waals surface area (Å²) in [6.07, 6.45) is 3.42. The van der Waals surface area contributed by atoms with Crippen LogP contribution in [0, 0.1) is 17.1 Å². The molecule has 1 fully saturated rings. The van der Waals surface area contributed by atoms with Gasteiger partial charge in [0.2, 0.25) is 5.88 Å². The number of nitrogens with zero attached hydrogens (tertiary/aromatic N) is 3. The van der Waals surface area contributed by atoms with Crippen LogP contribution in [0.2, 0.25) is 0 Å². The van der Waals surface area contributed by atoms with Crippen LogP contribution in [0.4, 0.5) is 4.39 Å². The van der Waals surface area contributed by atoms with Crippen LogP contribution in [0.15, 0.2) is 36.4 Å². The van der Waals surface area contributed by atoms with Crippen molar-refractivity contribution in [3.63, 3.8) is 0 Å². The molecule has 0 unspecified atom stereocenters. The predicted molar refractivity (Wildman–Crippen MR) is 98.4 cm³/mol. The van der Waals surface area contributed by atoms with E-state index in [1.165, 1.54) is 19.0 Å². The lowest BCUT2D eigenvalue weighted by atomic mass is 9.93. The van der Waals surface area contributed by atoms with Crippen LogP contribution in [0.1, 0.15) is 48.9 Å². The van der Waals surface area contributed by atoms with E-state index in [1.807, 2.05) is 12.1 Å². The van der Waals surface area contributed by atoms with Crippen molar-refractivity contribution in [2.24, 2.45) is 0 Å². The van der Waals surface area contributed by atoms with Gasteiger partial charge in [-0.3, -0.25) is 0 Å². The molecule has 0 saturated carbocycles. The van der Waals surface area contributed by atoms with Gasteiger partial charge < -0.3 is 9.64 Å². The van der Waals surface area contributed by atoms with Gasteiger partial charge in [0.05, 0.1) is 11.6 Å². The van der Waals surface area contributed by atoms with Gasteiger partial charge in [-0.15, -0.1) is 0 Å². The second kappa shape index (κ2) is 8.77. The number of halogens is 1. The first-order valence-electron chi connectivity index (χ1n) is 9.20. The summed E-state index contributed by atoms with van der Waals surface area (Å²) in [5, 5.41) is 8.80. The molecule has 4 nitrogen and oxygen atoms in total. The Balaban J connectivity index is 1.60. The lowest BCUT2D eigenvalue weighted by Gasteiger charge is -2.31. The van der Waals surface area contributed by atoms with Gasteiger partial charge in [-0.1, -0.05) is 19.1 Å². The van der Waals surface area contributed by atoms with E-state index in [1.54, 1.807) is 18.2 Å². The molecule has 0 N–H and O–H groups in total. The third-order valence-corrected chi connectivity index (χ3v) is 4.85. The van der Waals surface area contributed by atoms with Crippen molar-refractivity contribution in [3.8, 4) is 11.9 Å². The average Bonchev–Trinajstić information content (AvgIpc) is 2.68. The number of piperidine rings is 1. The van der Waals surface area contributed by atoms with E-state index < -0.39 is 5.82 Å². The number of aromatic nitrogens is 1. The zero-order valence-corrected chi connectivity index (χ0v) is 15.1. The number of rotatable bonds is 6. The van der Waals surface area contributed by atoms with E-state index in [2.05, 4.69) is 22.9 Å². The van der Waals surface area contributed by atoms with Crippen molar-refractivity contribution in [1.29, 1.82) is 5.26 Å². The minimum absolute atomic E-state index is 0.100. The number of likely N-dealkylation sites (tertiary alicyclic amines) is 1. The van der Waals surface area contributed by atoms with E-state index in [4.69, 9.17) is 10.00 Å². The van der Waals surface area contributed by atoms with E-state index in [0.29, 0.717) is 22.9 Å². The van der Waals surface area contributed by atoms with Crippen molar-refractivity contribution < 1.29 is 9.13 Å². The number of hydrogen-bond acceptors (Lipinski definition) is 4. The maximum absolute atomic E-state index is 14.0. The first-order valence-corrected chi connectivity index (χ1v) is 9.20. The summed E-state index contributed by atoms with van der Waals surface area (Å²) in [7, 11) is 0. The molecule has 5 heteroatoms. The minimum atomic E-state index is -0.427.